The summed E-state index contributed by atoms with van der Waals surface area (Å²) in [4.78, 5) is 29.7. The van der Waals surface area contributed by atoms with Gasteiger partial charge in [0.1, 0.15) is 5.78 Å². The number of ketones is 1. The van der Waals surface area contributed by atoms with Gasteiger partial charge in [0.25, 0.3) is 5.91 Å². The minimum atomic E-state index is -0.0420. The fourth-order valence-electron chi connectivity index (χ4n) is 6.41. The molecule has 1 amide bonds. The lowest BCUT2D eigenvalue weighted by atomic mass is 9.97. The Balaban J connectivity index is 1.15. The number of para-hydroxylation sites is 1. The number of rotatable bonds is 9. The van der Waals surface area contributed by atoms with Crippen molar-refractivity contribution in [3.8, 4) is 0 Å². The maximum atomic E-state index is 13.3. The second kappa shape index (κ2) is 10.4. The number of carbonyl (C=O) groups excluding carboxylic acids is 2. The highest BCUT2D eigenvalue weighted by Gasteiger charge is 2.41. The van der Waals surface area contributed by atoms with Crippen LogP contribution in [-0.4, -0.2) is 88.2 Å². The Hall–Kier alpha value is -2.29. The molecule has 3 aliphatic rings. The van der Waals surface area contributed by atoms with Gasteiger partial charge in [-0.15, -0.1) is 0 Å². The number of aromatic nitrogens is 2. The molecule has 3 saturated heterocycles. The molecule has 2 aromatic rings. The van der Waals surface area contributed by atoms with Crippen molar-refractivity contribution in [2.75, 3.05) is 32.7 Å². The van der Waals surface area contributed by atoms with E-state index in [1.807, 2.05) is 28.9 Å². The zero-order valence-corrected chi connectivity index (χ0v) is 21.4. The van der Waals surface area contributed by atoms with Gasteiger partial charge in [0.2, 0.25) is 0 Å². The van der Waals surface area contributed by atoms with Gasteiger partial charge in [-0.3, -0.25) is 19.2 Å². The number of Topliss-reactive ketones (excluding diaryl/α,β-unsaturated/α-hetero) is 1. The predicted octanol–water partition coefficient (Wildman–Crippen LogP) is 2.60. The van der Waals surface area contributed by atoms with E-state index in [2.05, 4.69) is 34.3 Å². The van der Waals surface area contributed by atoms with Crippen LogP contribution in [0.4, 0.5) is 0 Å². The van der Waals surface area contributed by atoms with E-state index in [-0.39, 0.29) is 23.8 Å². The number of likely N-dealkylation sites (tertiary alicyclic amines) is 1. The van der Waals surface area contributed by atoms with E-state index < -0.39 is 0 Å². The molecule has 0 aliphatic carbocycles. The Morgan fingerprint density at radius 3 is 2.51 bits per heavy atom. The standard InChI is InChI=1S/C27H40N6O2/c1-18(2)33-25-7-5-4-6-24(25)26(30-33)27(35)29-21-14-22-8-9-23(15-21)32(22)13-12-31-11-10-20(17-31)28-16-19(3)34/h4-7,18,20-23,28H,8-17H2,1-3H3,(H,29,35)/t20-,21?,22?,23?/m1/s1. The van der Waals surface area contributed by atoms with Crippen LogP contribution in [0, 0.1) is 0 Å². The molecule has 190 valence electrons. The fourth-order valence-corrected chi connectivity index (χ4v) is 6.41. The maximum Gasteiger partial charge on any atom is 0.272 e. The second-order valence-electron chi connectivity index (χ2n) is 11.0. The van der Waals surface area contributed by atoms with Crippen molar-refractivity contribution in [3.05, 3.63) is 30.0 Å². The smallest absolute Gasteiger partial charge is 0.272 e. The molecule has 0 radical (unpaired) electrons. The van der Waals surface area contributed by atoms with E-state index in [0.717, 1.165) is 56.3 Å². The van der Waals surface area contributed by atoms with E-state index in [4.69, 9.17) is 5.10 Å². The zero-order valence-electron chi connectivity index (χ0n) is 21.4. The lowest BCUT2D eigenvalue weighted by molar-refractivity contribution is -0.116. The summed E-state index contributed by atoms with van der Waals surface area (Å²) in [6, 6.07) is 9.99. The number of piperidine rings is 1. The topological polar surface area (TPSA) is 82.5 Å². The van der Waals surface area contributed by atoms with Gasteiger partial charge in [-0.1, -0.05) is 18.2 Å². The molecule has 4 heterocycles. The molecule has 3 aliphatic heterocycles. The van der Waals surface area contributed by atoms with Gasteiger partial charge in [-0.2, -0.15) is 5.10 Å². The molecule has 1 aromatic heterocycles. The molecule has 2 bridgehead atoms. The minimum absolute atomic E-state index is 0.0420. The third kappa shape index (κ3) is 5.29. The van der Waals surface area contributed by atoms with Gasteiger partial charge in [0.05, 0.1) is 12.1 Å². The summed E-state index contributed by atoms with van der Waals surface area (Å²) in [7, 11) is 0. The molecule has 0 spiro atoms. The Kier molecular flexibility index (Phi) is 7.23. The first-order valence-corrected chi connectivity index (χ1v) is 13.4. The average molecular weight is 481 g/mol. The van der Waals surface area contributed by atoms with Crippen LogP contribution in [0.5, 0.6) is 0 Å². The first-order valence-electron chi connectivity index (χ1n) is 13.4. The Morgan fingerprint density at radius 1 is 1.06 bits per heavy atom. The number of carbonyl (C=O) groups is 2. The highest BCUT2D eigenvalue weighted by atomic mass is 16.2. The van der Waals surface area contributed by atoms with E-state index in [1.54, 1.807) is 6.92 Å². The number of nitrogens with one attached hydrogen (secondary N) is 2. The number of amides is 1. The van der Waals surface area contributed by atoms with Gasteiger partial charge in [0.15, 0.2) is 5.69 Å². The van der Waals surface area contributed by atoms with Crippen molar-refractivity contribution in [1.82, 2.24) is 30.2 Å². The summed E-state index contributed by atoms with van der Waals surface area (Å²) in [5, 5.41) is 12.3. The van der Waals surface area contributed by atoms with Crippen LogP contribution >= 0.6 is 0 Å². The molecular formula is C27H40N6O2. The van der Waals surface area contributed by atoms with Crippen molar-refractivity contribution in [2.24, 2.45) is 0 Å². The molecule has 3 atom stereocenters. The van der Waals surface area contributed by atoms with Gasteiger partial charge < -0.3 is 15.5 Å². The summed E-state index contributed by atoms with van der Waals surface area (Å²) in [5.41, 5.74) is 1.56. The predicted molar refractivity (Wildman–Crippen MR) is 138 cm³/mol. The lowest BCUT2D eigenvalue weighted by Crippen LogP contribution is -2.52. The van der Waals surface area contributed by atoms with Gasteiger partial charge in [-0.05, 0) is 65.5 Å². The molecule has 3 fully saturated rings. The number of hydrogen-bond donors (Lipinski definition) is 2. The average Bonchev–Trinajstić information content (AvgIpc) is 3.50. The zero-order chi connectivity index (χ0) is 24.5. The largest absolute Gasteiger partial charge is 0.348 e. The van der Waals surface area contributed by atoms with Crippen LogP contribution < -0.4 is 10.6 Å². The molecule has 5 rings (SSSR count). The van der Waals surface area contributed by atoms with Crippen molar-refractivity contribution in [2.45, 2.75) is 83.1 Å². The second-order valence-corrected chi connectivity index (χ2v) is 11.0. The van der Waals surface area contributed by atoms with Crippen LogP contribution in [0.25, 0.3) is 10.9 Å². The Bertz CT molecular complexity index is 1050. The van der Waals surface area contributed by atoms with Crippen molar-refractivity contribution < 1.29 is 9.59 Å². The molecule has 35 heavy (non-hydrogen) atoms. The summed E-state index contributed by atoms with van der Waals surface area (Å²) < 4.78 is 1.95. The number of hydrogen-bond acceptors (Lipinski definition) is 6. The van der Waals surface area contributed by atoms with E-state index in [0.29, 0.717) is 30.4 Å². The van der Waals surface area contributed by atoms with Crippen LogP contribution in [-0.2, 0) is 4.79 Å². The highest BCUT2D eigenvalue weighted by molar-refractivity contribution is 6.05. The van der Waals surface area contributed by atoms with E-state index >= 15 is 0 Å². The van der Waals surface area contributed by atoms with Crippen LogP contribution in [0.2, 0.25) is 0 Å². The molecule has 8 nitrogen and oxygen atoms in total. The third-order valence-electron chi connectivity index (χ3n) is 8.12. The Labute approximate surface area is 208 Å². The third-order valence-corrected chi connectivity index (χ3v) is 8.12. The first-order chi connectivity index (χ1) is 16.9. The maximum absolute atomic E-state index is 13.3. The van der Waals surface area contributed by atoms with Gasteiger partial charge >= 0.3 is 0 Å². The van der Waals surface area contributed by atoms with E-state index in [9.17, 15) is 9.59 Å². The summed E-state index contributed by atoms with van der Waals surface area (Å²) >= 11 is 0. The SMILES string of the molecule is CC(=O)CN[C@@H]1CCN(CCN2C3CCC2CC(NC(=O)c2nn(C(C)C)c4ccccc24)C3)C1. The number of nitrogens with zero attached hydrogens (tertiary/aromatic N) is 4. The van der Waals surface area contributed by atoms with Gasteiger partial charge in [-0.25, -0.2) is 0 Å². The molecular weight excluding hydrogens is 440 g/mol. The number of fused-ring (bicyclic) bond motifs is 3. The molecule has 2 N–H and O–H groups in total. The highest BCUT2D eigenvalue weighted by Crippen LogP contribution is 2.36. The lowest BCUT2D eigenvalue weighted by Gasteiger charge is -2.39. The molecule has 2 unspecified atom stereocenters. The molecule has 8 heteroatoms. The van der Waals surface area contributed by atoms with Crippen molar-refractivity contribution >= 4 is 22.6 Å². The fraction of sp³-hybridized carbons (Fsp3) is 0.667. The van der Waals surface area contributed by atoms with Crippen LogP contribution in [0.15, 0.2) is 24.3 Å². The van der Waals surface area contributed by atoms with Crippen molar-refractivity contribution in [1.29, 1.82) is 0 Å². The summed E-state index contributed by atoms with van der Waals surface area (Å²) in [6.07, 6.45) is 5.62. The number of benzene rings is 1. The monoisotopic (exact) mass is 480 g/mol. The van der Waals surface area contributed by atoms with Crippen LogP contribution in [0.1, 0.15) is 69.4 Å². The Morgan fingerprint density at radius 2 is 1.80 bits per heavy atom. The normalized spacial score (nSPS) is 27.2. The summed E-state index contributed by atoms with van der Waals surface area (Å²) in [6.45, 7) is 10.6. The van der Waals surface area contributed by atoms with Crippen LogP contribution in [0.3, 0.4) is 0 Å². The quantitative estimate of drug-likeness (QED) is 0.574. The summed E-state index contributed by atoms with van der Waals surface area (Å²) in [5.74, 6) is 0.163. The first kappa shape index (κ1) is 24.4. The molecule has 1 aromatic carbocycles. The van der Waals surface area contributed by atoms with Crippen molar-refractivity contribution in [3.63, 3.8) is 0 Å². The minimum Gasteiger partial charge on any atom is -0.348 e. The molecule has 0 saturated carbocycles. The van der Waals surface area contributed by atoms with Gasteiger partial charge in [0, 0.05) is 55.2 Å². The van der Waals surface area contributed by atoms with E-state index in [1.165, 1.54) is 12.8 Å².